The number of nitrogens with zero attached hydrogens (tertiary/aromatic N) is 1. The van der Waals surface area contributed by atoms with Gasteiger partial charge in [-0.2, -0.15) is 0 Å². The van der Waals surface area contributed by atoms with Gasteiger partial charge in [0.1, 0.15) is 0 Å². The Kier molecular flexibility index (Phi) is 8.72. The van der Waals surface area contributed by atoms with E-state index in [1.54, 1.807) is 18.2 Å². The Morgan fingerprint density at radius 2 is 2.04 bits per heavy atom. The molecule has 27 heavy (non-hydrogen) atoms. The van der Waals surface area contributed by atoms with Gasteiger partial charge < -0.3 is 9.64 Å². The number of carbonyl (C=O) groups excluding carboxylic acids is 3. The van der Waals surface area contributed by atoms with Gasteiger partial charge in [0, 0.05) is 29.4 Å². The number of hydrogen-bond acceptors (Lipinski definition) is 4. The van der Waals surface area contributed by atoms with Crippen LogP contribution in [0, 0.1) is 0 Å². The summed E-state index contributed by atoms with van der Waals surface area (Å²) in [5.41, 5.74) is 0.627. The molecule has 0 saturated carbocycles. The molecule has 0 radical (unpaired) electrons. The summed E-state index contributed by atoms with van der Waals surface area (Å²) in [5.74, 6) is -0.0856. The van der Waals surface area contributed by atoms with Crippen molar-refractivity contribution in [2.24, 2.45) is 0 Å². The second kappa shape index (κ2) is 11.0. The Hall–Kier alpha value is -1.95. The average molecular weight is 436 g/mol. The van der Waals surface area contributed by atoms with E-state index < -0.39 is 0 Å². The third-order valence-electron chi connectivity index (χ3n) is 4.71. The largest absolute Gasteiger partial charge is 0.469 e. The number of methoxy groups -OCH3 is 1. The van der Waals surface area contributed by atoms with Crippen LogP contribution in [-0.4, -0.2) is 42.3 Å². The van der Waals surface area contributed by atoms with Gasteiger partial charge in [0.05, 0.1) is 13.2 Å². The molecule has 2 rings (SSSR count). The number of ketones is 1. The van der Waals surface area contributed by atoms with Crippen LogP contribution in [0.5, 0.6) is 0 Å². The van der Waals surface area contributed by atoms with Crippen molar-refractivity contribution in [2.75, 3.05) is 13.7 Å². The summed E-state index contributed by atoms with van der Waals surface area (Å²) in [6.45, 7) is 0.692. The lowest BCUT2D eigenvalue weighted by Crippen LogP contribution is -2.32. The standard InChI is InChI=1S/C21H26BrNO4/c1-27-21(26)9-4-2-3-5-14-23-18(11-13-20(23)25)10-12-19(24)16-7-6-8-17(22)15-16/h6-8,10,12,15,18H,2-5,9,11,13-14H2,1H3. The van der Waals surface area contributed by atoms with Gasteiger partial charge in [0.15, 0.2) is 5.78 Å². The van der Waals surface area contributed by atoms with E-state index >= 15 is 0 Å². The first kappa shape index (κ1) is 21.4. The number of benzene rings is 1. The number of halogens is 1. The first-order valence-corrected chi connectivity index (χ1v) is 10.1. The van der Waals surface area contributed by atoms with Crippen LogP contribution >= 0.6 is 15.9 Å². The number of hydrogen-bond donors (Lipinski definition) is 0. The molecule has 6 heteroatoms. The van der Waals surface area contributed by atoms with E-state index in [0.29, 0.717) is 24.9 Å². The van der Waals surface area contributed by atoms with Gasteiger partial charge >= 0.3 is 5.97 Å². The summed E-state index contributed by atoms with van der Waals surface area (Å²) < 4.78 is 5.49. The maximum atomic E-state index is 12.3. The zero-order valence-electron chi connectivity index (χ0n) is 15.7. The van der Waals surface area contributed by atoms with Gasteiger partial charge in [-0.15, -0.1) is 0 Å². The molecule has 1 heterocycles. The molecule has 0 aromatic heterocycles. The molecule has 0 bridgehead atoms. The molecule has 1 atom stereocenters. The van der Waals surface area contributed by atoms with E-state index in [2.05, 4.69) is 20.7 Å². The molecule has 1 aliphatic heterocycles. The van der Waals surface area contributed by atoms with Crippen molar-refractivity contribution in [2.45, 2.75) is 51.0 Å². The lowest BCUT2D eigenvalue weighted by Gasteiger charge is -2.22. The second-order valence-electron chi connectivity index (χ2n) is 6.67. The molecule has 1 aromatic rings. The molecule has 0 aliphatic carbocycles. The quantitative estimate of drug-likeness (QED) is 0.237. The molecule has 5 nitrogen and oxygen atoms in total. The molecular formula is C21H26BrNO4. The van der Waals surface area contributed by atoms with Gasteiger partial charge in [-0.25, -0.2) is 0 Å². The average Bonchev–Trinajstić information content (AvgIpc) is 3.02. The fourth-order valence-corrected chi connectivity index (χ4v) is 3.59. The first-order chi connectivity index (χ1) is 13.0. The first-order valence-electron chi connectivity index (χ1n) is 9.35. The maximum Gasteiger partial charge on any atom is 0.305 e. The van der Waals surface area contributed by atoms with Crippen molar-refractivity contribution in [1.29, 1.82) is 0 Å². The summed E-state index contributed by atoms with van der Waals surface area (Å²) in [6, 6.07) is 7.27. The molecular weight excluding hydrogens is 410 g/mol. The van der Waals surface area contributed by atoms with Crippen LogP contribution in [0.15, 0.2) is 40.9 Å². The number of likely N-dealkylation sites (tertiary alicyclic amines) is 1. The lowest BCUT2D eigenvalue weighted by molar-refractivity contribution is -0.140. The fourth-order valence-electron chi connectivity index (χ4n) is 3.19. The van der Waals surface area contributed by atoms with Crippen molar-refractivity contribution >= 4 is 33.6 Å². The lowest BCUT2D eigenvalue weighted by atomic mass is 10.1. The predicted octanol–water partition coefficient (Wildman–Crippen LogP) is 4.30. The normalized spacial score (nSPS) is 16.9. The van der Waals surface area contributed by atoms with Crippen LogP contribution in [0.1, 0.15) is 55.3 Å². The number of allylic oxidation sites excluding steroid dienone is 1. The molecule has 1 aliphatic rings. The van der Waals surface area contributed by atoms with Crippen molar-refractivity contribution in [3.05, 3.63) is 46.5 Å². The smallest absolute Gasteiger partial charge is 0.305 e. The third kappa shape index (κ3) is 6.94. The summed E-state index contributed by atoms with van der Waals surface area (Å²) in [4.78, 5) is 37.4. The van der Waals surface area contributed by atoms with E-state index in [1.165, 1.54) is 7.11 Å². The minimum absolute atomic E-state index is 0.0105. The zero-order valence-corrected chi connectivity index (χ0v) is 17.2. The van der Waals surface area contributed by atoms with Gasteiger partial charge in [0.2, 0.25) is 5.91 Å². The molecule has 1 saturated heterocycles. The Labute approximate surface area is 168 Å². The summed E-state index contributed by atoms with van der Waals surface area (Å²) in [6.07, 6.45) is 8.78. The topological polar surface area (TPSA) is 63.7 Å². The molecule has 1 unspecified atom stereocenters. The van der Waals surface area contributed by atoms with E-state index in [4.69, 9.17) is 0 Å². The predicted molar refractivity (Wildman–Crippen MR) is 107 cm³/mol. The van der Waals surface area contributed by atoms with Crippen LogP contribution in [0.2, 0.25) is 0 Å². The molecule has 0 N–H and O–H groups in total. The molecule has 1 fully saturated rings. The van der Waals surface area contributed by atoms with Crippen LogP contribution < -0.4 is 0 Å². The minimum Gasteiger partial charge on any atom is -0.469 e. The van der Waals surface area contributed by atoms with E-state index in [9.17, 15) is 14.4 Å². The van der Waals surface area contributed by atoms with E-state index in [0.717, 1.165) is 36.6 Å². The molecule has 0 spiro atoms. The Balaban J connectivity index is 1.79. The van der Waals surface area contributed by atoms with Crippen molar-refractivity contribution in [3.8, 4) is 0 Å². The van der Waals surface area contributed by atoms with Crippen molar-refractivity contribution in [1.82, 2.24) is 4.90 Å². The summed E-state index contributed by atoms with van der Waals surface area (Å²) in [5, 5.41) is 0. The third-order valence-corrected chi connectivity index (χ3v) is 5.20. The highest BCUT2D eigenvalue weighted by Gasteiger charge is 2.28. The van der Waals surface area contributed by atoms with Crippen LogP contribution in [0.25, 0.3) is 0 Å². The molecule has 1 amide bonds. The highest BCUT2D eigenvalue weighted by molar-refractivity contribution is 9.10. The second-order valence-corrected chi connectivity index (χ2v) is 7.58. The molecule has 146 valence electrons. The number of unbranched alkanes of at least 4 members (excludes halogenated alkanes) is 3. The SMILES string of the molecule is COC(=O)CCCCCCN1C(=O)CCC1C=CC(=O)c1cccc(Br)c1. The Morgan fingerprint density at radius 3 is 2.78 bits per heavy atom. The monoisotopic (exact) mass is 435 g/mol. The maximum absolute atomic E-state index is 12.3. The molecule has 1 aromatic carbocycles. The van der Waals surface area contributed by atoms with Crippen molar-refractivity contribution < 1.29 is 19.1 Å². The number of rotatable bonds is 10. The van der Waals surface area contributed by atoms with E-state index in [-0.39, 0.29) is 23.7 Å². The number of amides is 1. The van der Waals surface area contributed by atoms with Gasteiger partial charge in [-0.3, -0.25) is 14.4 Å². The minimum atomic E-state index is -0.176. The highest BCUT2D eigenvalue weighted by atomic mass is 79.9. The number of ether oxygens (including phenoxy) is 1. The Bertz CT molecular complexity index is 701. The Morgan fingerprint density at radius 1 is 1.26 bits per heavy atom. The zero-order chi connectivity index (χ0) is 19.6. The van der Waals surface area contributed by atoms with Crippen LogP contribution in [0.3, 0.4) is 0 Å². The van der Waals surface area contributed by atoms with Crippen LogP contribution in [0.4, 0.5) is 0 Å². The van der Waals surface area contributed by atoms with Gasteiger partial charge in [-0.1, -0.05) is 47.0 Å². The number of carbonyl (C=O) groups is 3. The fraction of sp³-hybridized carbons (Fsp3) is 0.476. The summed E-state index contributed by atoms with van der Waals surface area (Å²) in [7, 11) is 1.40. The van der Waals surface area contributed by atoms with Gasteiger partial charge in [-0.05, 0) is 37.5 Å². The van der Waals surface area contributed by atoms with Gasteiger partial charge in [0.25, 0.3) is 0 Å². The van der Waals surface area contributed by atoms with E-state index in [1.807, 2.05) is 23.1 Å². The highest BCUT2D eigenvalue weighted by Crippen LogP contribution is 2.21. The number of esters is 1. The summed E-state index contributed by atoms with van der Waals surface area (Å²) >= 11 is 3.37. The van der Waals surface area contributed by atoms with Crippen LogP contribution in [-0.2, 0) is 14.3 Å². The van der Waals surface area contributed by atoms with Crippen molar-refractivity contribution in [3.63, 3.8) is 0 Å².